The van der Waals surface area contributed by atoms with Gasteiger partial charge in [-0.3, -0.25) is 4.99 Å². The van der Waals surface area contributed by atoms with Crippen molar-refractivity contribution >= 4 is 16.9 Å². The van der Waals surface area contributed by atoms with Gasteiger partial charge in [0.25, 0.3) is 0 Å². The van der Waals surface area contributed by atoms with Gasteiger partial charge in [0.1, 0.15) is 0 Å². The van der Waals surface area contributed by atoms with Crippen LogP contribution in [-0.4, -0.2) is 18.3 Å². The normalized spacial score (nSPS) is 16.4. The molecule has 2 nitrogen and oxygen atoms in total. The number of hydrogen-bond donors (Lipinski definition) is 1. The second-order valence-electron chi connectivity index (χ2n) is 3.66. The lowest BCUT2D eigenvalue weighted by Crippen LogP contribution is -2.16. The maximum atomic E-state index is 4.42. The SMILES string of the molecule is C=CCC(SC1=NCCN1)c1ccccc1. The maximum Gasteiger partial charge on any atom is 0.157 e. The standard InChI is InChI=1S/C13H16N2S/c1-2-6-12(11-7-4-3-5-8-11)16-13-14-9-10-15-13/h2-5,7-8,12H,1,6,9-10H2,(H,14,15). The van der Waals surface area contributed by atoms with E-state index in [2.05, 4.69) is 41.2 Å². The first-order valence-electron chi connectivity index (χ1n) is 5.51. The van der Waals surface area contributed by atoms with Gasteiger partial charge >= 0.3 is 0 Å². The first-order valence-corrected chi connectivity index (χ1v) is 6.39. The van der Waals surface area contributed by atoms with Crippen LogP contribution in [0.2, 0.25) is 0 Å². The van der Waals surface area contributed by atoms with Crippen molar-refractivity contribution < 1.29 is 0 Å². The largest absolute Gasteiger partial charge is 0.363 e. The average Bonchev–Trinajstić information content (AvgIpc) is 2.83. The smallest absolute Gasteiger partial charge is 0.157 e. The van der Waals surface area contributed by atoms with Gasteiger partial charge in [0, 0.05) is 11.8 Å². The lowest BCUT2D eigenvalue weighted by molar-refractivity contribution is 0.959. The third-order valence-electron chi connectivity index (χ3n) is 2.45. The first-order chi connectivity index (χ1) is 7.90. The van der Waals surface area contributed by atoms with Gasteiger partial charge in [-0.25, -0.2) is 0 Å². The summed E-state index contributed by atoms with van der Waals surface area (Å²) >= 11 is 1.80. The second-order valence-corrected chi connectivity index (χ2v) is 4.85. The monoisotopic (exact) mass is 232 g/mol. The lowest BCUT2D eigenvalue weighted by atomic mass is 10.1. The highest BCUT2D eigenvalue weighted by atomic mass is 32.2. The van der Waals surface area contributed by atoms with Gasteiger partial charge in [0.2, 0.25) is 0 Å². The van der Waals surface area contributed by atoms with E-state index in [-0.39, 0.29) is 0 Å². The van der Waals surface area contributed by atoms with E-state index >= 15 is 0 Å². The zero-order chi connectivity index (χ0) is 11.2. The summed E-state index contributed by atoms with van der Waals surface area (Å²) in [6, 6.07) is 10.5. The van der Waals surface area contributed by atoms with Crippen LogP contribution in [0.5, 0.6) is 0 Å². The van der Waals surface area contributed by atoms with Crippen molar-refractivity contribution in [2.45, 2.75) is 11.7 Å². The molecule has 1 aromatic carbocycles. The van der Waals surface area contributed by atoms with Crippen LogP contribution in [0.1, 0.15) is 17.2 Å². The summed E-state index contributed by atoms with van der Waals surface area (Å²) in [5.74, 6) is 0. The van der Waals surface area contributed by atoms with Gasteiger partial charge in [0.15, 0.2) is 5.17 Å². The van der Waals surface area contributed by atoms with Gasteiger partial charge in [-0.05, 0) is 12.0 Å². The van der Waals surface area contributed by atoms with Crippen molar-refractivity contribution in [2.75, 3.05) is 13.1 Å². The number of aliphatic imine (C=N–C) groups is 1. The number of amidine groups is 1. The number of thioether (sulfide) groups is 1. The Balaban J connectivity index is 2.07. The molecule has 1 N–H and O–H groups in total. The summed E-state index contributed by atoms with van der Waals surface area (Å²) in [6.07, 6.45) is 2.94. The molecule has 0 saturated heterocycles. The fourth-order valence-corrected chi connectivity index (χ4v) is 2.81. The number of nitrogens with one attached hydrogen (secondary N) is 1. The summed E-state index contributed by atoms with van der Waals surface area (Å²) < 4.78 is 0. The third kappa shape index (κ3) is 2.89. The molecule has 16 heavy (non-hydrogen) atoms. The van der Waals surface area contributed by atoms with E-state index in [0.29, 0.717) is 5.25 Å². The van der Waals surface area contributed by atoms with E-state index in [0.717, 1.165) is 24.7 Å². The van der Waals surface area contributed by atoms with Crippen LogP contribution < -0.4 is 5.32 Å². The molecule has 84 valence electrons. The van der Waals surface area contributed by atoms with Crippen LogP contribution in [-0.2, 0) is 0 Å². The Morgan fingerprint density at radius 2 is 2.25 bits per heavy atom. The van der Waals surface area contributed by atoms with E-state index in [1.807, 2.05) is 12.1 Å². The van der Waals surface area contributed by atoms with Gasteiger partial charge in [-0.2, -0.15) is 0 Å². The molecule has 1 aliphatic rings. The van der Waals surface area contributed by atoms with Crippen molar-refractivity contribution in [3.05, 3.63) is 48.6 Å². The van der Waals surface area contributed by atoms with E-state index in [1.165, 1.54) is 5.56 Å². The molecule has 0 aromatic heterocycles. The van der Waals surface area contributed by atoms with Crippen LogP contribution in [0.15, 0.2) is 48.0 Å². The summed E-state index contributed by atoms with van der Waals surface area (Å²) in [5.41, 5.74) is 1.34. The minimum atomic E-state index is 0.419. The minimum Gasteiger partial charge on any atom is -0.363 e. The minimum absolute atomic E-state index is 0.419. The summed E-state index contributed by atoms with van der Waals surface area (Å²) in [4.78, 5) is 4.42. The van der Waals surface area contributed by atoms with Crippen molar-refractivity contribution in [2.24, 2.45) is 4.99 Å². The molecule has 2 rings (SSSR count). The summed E-state index contributed by atoms with van der Waals surface area (Å²) in [6.45, 7) is 5.70. The van der Waals surface area contributed by atoms with E-state index in [4.69, 9.17) is 0 Å². The van der Waals surface area contributed by atoms with Crippen molar-refractivity contribution in [1.82, 2.24) is 5.32 Å². The molecule has 0 amide bonds. The van der Waals surface area contributed by atoms with Crippen molar-refractivity contribution in [3.8, 4) is 0 Å². The Bertz CT molecular complexity index is 373. The average molecular weight is 232 g/mol. The molecule has 0 bridgehead atoms. The van der Waals surface area contributed by atoms with Gasteiger partial charge in [-0.15, -0.1) is 6.58 Å². The van der Waals surface area contributed by atoms with Crippen molar-refractivity contribution in [3.63, 3.8) is 0 Å². The lowest BCUT2D eigenvalue weighted by Gasteiger charge is -2.14. The predicted octanol–water partition coefficient (Wildman–Crippen LogP) is 3.00. The molecule has 1 unspecified atom stereocenters. The van der Waals surface area contributed by atoms with E-state index in [1.54, 1.807) is 11.8 Å². The number of nitrogens with zero attached hydrogens (tertiary/aromatic N) is 1. The first kappa shape index (κ1) is 11.3. The van der Waals surface area contributed by atoms with Crippen LogP contribution in [0, 0.1) is 0 Å². The quantitative estimate of drug-likeness (QED) is 0.807. The molecule has 1 aliphatic heterocycles. The van der Waals surface area contributed by atoms with Crippen molar-refractivity contribution in [1.29, 1.82) is 0 Å². The zero-order valence-corrected chi connectivity index (χ0v) is 10.0. The molecular formula is C13H16N2S. The highest BCUT2D eigenvalue weighted by Gasteiger charge is 2.15. The van der Waals surface area contributed by atoms with Crippen LogP contribution in [0.3, 0.4) is 0 Å². The third-order valence-corrected chi connectivity index (χ3v) is 3.70. The number of allylic oxidation sites excluding steroid dienone is 1. The molecule has 0 fully saturated rings. The highest BCUT2D eigenvalue weighted by Crippen LogP contribution is 2.33. The number of benzene rings is 1. The maximum absolute atomic E-state index is 4.42. The fraction of sp³-hybridized carbons (Fsp3) is 0.308. The van der Waals surface area contributed by atoms with Crippen LogP contribution in [0.4, 0.5) is 0 Å². The van der Waals surface area contributed by atoms with Crippen LogP contribution in [0.25, 0.3) is 0 Å². The Labute approximate surface area is 101 Å². The van der Waals surface area contributed by atoms with Gasteiger partial charge in [0.05, 0.1) is 6.54 Å². The highest BCUT2D eigenvalue weighted by molar-refractivity contribution is 8.14. The molecule has 1 aromatic rings. The van der Waals surface area contributed by atoms with Gasteiger partial charge < -0.3 is 5.32 Å². The van der Waals surface area contributed by atoms with E-state index < -0.39 is 0 Å². The Morgan fingerprint density at radius 1 is 1.44 bits per heavy atom. The Kier molecular flexibility index (Phi) is 4.05. The molecule has 0 spiro atoms. The molecular weight excluding hydrogens is 216 g/mol. The van der Waals surface area contributed by atoms with E-state index in [9.17, 15) is 0 Å². The fourth-order valence-electron chi connectivity index (χ4n) is 1.66. The molecule has 0 radical (unpaired) electrons. The molecule has 0 saturated carbocycles. The topological polar surface area (TPSA) is 24.4 Å². The summed E-state index contributed by atoms with van der Waals surface area (Å²) in [5, 5.41) is 4.78. The molecule has 1 atom stereocenters. The summed E-state index contributed by atoms with van der Waals surface area (Å²) in [7, 11) is 0. The predicted molar refractivity (Wildman–Crippen MR) is 71.9 cm³/mol. The Hall–Kier alpha value is -1.22. The van der Waals surface area contributed by atoms with Crippen LogP contribution >= 0.6 is 11.8 Å². The zero-order valence-electron chi connectivity index (χ0n) is 9.23. The molecule has 1 heterocycles. The molecule has 0 aliphatic carbocycles. The number of rotatable bonds is 4. The second kappa shape index (κ2) is 5.75. The Morgan fingerprint density at radius 3 is 2.88 bits per heavy atom. The number of hydrogen-bond acceptors (Lipinski definition) is 3. The molecule has 3 heteroatoms. The van der Waals surface area contributed by atoms with Gasteiger partial charge in [-0.1, -0.05) is 48.2 Å².